The third-order valence-corrected chi connectivity index (χ3v) is 7.07. The number of ether oxygens (including phenoxy) is 1. The zero-order valence-corrected chi connectivity index (χ0v) is 20.0. The number of hydrogen-bond donors (Lipinski definition) is 0. The van der Waals surface area contributed by atoms with Crippen LogP contribution in [0.4, 0.5) is 11.4 Å². The number of hydrogen-bond acceptors (Lipinski definition) is 8. The maximum Gasteiger partial charge on any atom is 0.342 e. The molecule has 0 fully saturated rings. The molecule has 3 aromatic carbocycles. The Labute approximate surface area is 205 Å². The molecule has 0 saturated carbocycles. The van der Waals surface area contributed by atoms with E-state index in [9.17, 15) is 28.1 Å². The number of amides is 1. The first kappa shape index (κ1) is 24.6. The molecular formula is C25H20N2O8S. The Morgan fingerprint density at radius 3 is 2.39 bits per heavy atom. The van der Waals surface area contributed by atoms with E-state index in [4.69, 9.17) is 9.15 Å². The van der Waals surface area contributed by atoms with E-state index in [2.05, 4.69) is 0 Å². The van der Waals surface area contributed by atoms with Gasteiger partial charge < -0.3 is 9.15 Å². The highest BCUT2D eigenvalue weighted by atomic mass is 32.2. The quantitative estimate of drug-likeness (QED) is 0.195. The van der Waals surface area contributed by atoms with Crippen LogP contribution in [0.5, 0.6) is 0 Å². The third-order valence-electron chi connectivity index (χ3n) is 5.27. The van der Waals surface area contributed by atoms with Crippen LogP contribution < -0.4 is 4.31 Å². The molecule has 1 heterocycles. The summed E-state index contributed by atoms with van der Waals surface area (Å²) in [6.45, 7) is 2.80. The molecular weight excluding hydrogens is 488 g/mol. The van der Waals surface area contributed by atoms with Crippen LogP contribution in [0.2, 0.25) is 0 Å². The van der Waals surface area contributed by atoms with Crippen molar-refractivity contribution in [2.75, 3.05) is 10.9 Å². The van der Waals surface area contributed by atoms with E-state index in [-0.39, 0.29) is 34.6 Å². The van der Waals surface area contributed by atoms with Crippen molar-refractivity contribution in [3.05, 3.63) is 88.5 Å². The molecule has 0 N–H and O–H groups in total. The number of rotatable bonds is 7. The first-order valence-corrected chi connectivity index (χ1v) is 12.2. The van der Waals surface area contributed by atoms with Gasteiger partial charge in [-0.3, -0.25) is 14.9 Å². The lowest BCUT2D eigenvalue weighted by Crippen LogP contribution is -2.35. The van der Waals surface area contributed by atoms with Crippen molar-refractivity contribution >= 4 is 44.2 Å². The van der Waals surface area contributed by atoms with Crippen molar-refractivity contribution in [3.63, 3.8) is 0 Å². The fraction of sp³-hybridized carbons (Fsp3) is 0.120. The molecule has 11 heteroatoms. The van der Waals surface area contributed by atoms with Crippen molar-refractivity contribution in [1.29, 1.82) is 0 Å². The Morgan fingerprint density at radius 1 is 1.03 bits per heavy atom. The van der Waals surface area contributed by atoms with Gasteiger partial charge >= 0.3 is 5.97 Å². The third kappa shape index (κ3) is 4.43. The average Bonchev–Trinajstić information content (AvgIpc) is 3.23. The van der Waals surface area contributed by atoms with Crippen LogP contribution >= 0.6 is 0 Å². The largest absolute Gasteiger partial charge is 0.462 e. The molecule has 0 spiro atoms. The van der Waals surface area contributed by atoms with Crippen molar-refractivity contribution in [3.8, 4) is 11.3 Å². The minimum absolute atomic E-state index is 0.0764. The van der Waals surface area contributed by atoms with Gasteiger partial charge in [0.2, 0.25) is 5.91 Å². The number of non-ortho nitro benzene ring substituents is 1. The van der Waals surface area contributed by atoms with Crippen LogP contribution in [-0.2, 0) is 19.6 Å². The molecule has 0 radical (unpaired) electrons. The molecule has 10 nitrogen and oxygen atoms in total. The van der Waals surface area contributed by atoms with Crippen LogP contribution in [0.25, 0.3) is 22.3 Å². The number of anilines is 1. The highest BCUT2D eigenvalue weighted by molar-refractivity contribution is 7.93. The number of carbonyl (C=O) groups excluding carboxylic acids is 2. The lowest BCUT2D eigenvalue weighted by atomic mass is 10.1. The monoisotopic (exact) mass is 508 g/mol. The van der Waals surface area contributed by atoms with Crippen molar-refractivity contribution in [2.24, 2.45) is 0 Å². The lowest BCUT2D eigenvalue weighted by Gasteiger charge is -2.21. The molecule has 0 saturated heterocycles. The van der Waals surface area contributed by atoms with Crippen LogP contribution in [0.3, 0.4) is 0 Å². The minimum atomic E-state index is -4.53. The molecule has 184 valence electrons. The van der Waals surface area contributed by atoms with E-state index in [1.807, 2.05) is 0 Å². The Hall–Kier alpha value is -4.51. The second kappa shape index (κ2) is 9.62. The Kier molecular flexibility index (Phi) is 6.58. The summed E-state index contributed by atoms with van der Waals surface area (Å²) in [5.41, 5.74) is 0.438. The van der Waals surface area contributed by atoms with E-state index < -0.39 is 37.4 Å². The van der Waals surface area contributed by atoms with Gasteiger partial charge in [-0.05, 0) is 31.2 Å². The van der Waals surface area contributed by atoms with Crippen molar-refractivity contribution in [1.82, 2.24) is 0 Å². The van der Waals surface area contributed by atoms with Crippen molar-refractivity contribution in [2.45, 2.75) is 18.7 Å². The highest BCUT2D eigenvalue weighted by Crippen LogP contribution is 2.37. The van der Waals surface area contributed by atoms with Gasteiger partial charge in [0.25, 0.3) is 15.7 Å². The summed E-state index contributed by atoms with van der Waals surface area (Å²) in [6, 6.07) is 17.4. The Balaban J connectivity index is 1.92. The Bertz CT molecular complexity index is 1590. The maximum atomic E-state index is 13.4. The number of nitro benzene ring substituents is 1. The van der Waals surface area contributed by atoms with Gasteiger partial charge in [0, 0.05) is 30.0 Å². The molecule has 0 atom stereocenters. The lowest BCUT2D eigenvalue weighted by molar-refractivity contribution is -0.385. The summed E-state index contributed by atoms with van der Waals surface area (Å²) < 4.78 is 38.5. The number of nitro groups is 1. The van der Waals surface area contributed by atoms with Gasteiger partial charge in [-0.1, -0.05) is 36.4 Å². The van der Waals surface area contributed by atoms with Gasteiger partial charge in [0.1, 0.15) is 16.9 Å². The van der Waals surface area contributed by atoms with Gasteiger partial charge in [-0.15, -0.1) is 0 Å². The fourth-order valence-corrected chi connectivity index (χ4v) is 5.22. The first-order valence-electron chi connectivity index (χ1n) is 10.7. The molecule has 0 bridgehead atoms. The molecule has 4 aromatic rings. The fourth-order valence-electron chi connectivity index (χ4n) is 3.76. The topological polar surface area (TPSA) is 137 Å². The number of sulfonamides is 1. The van der Waals surface area contributed by atoms with Gasteiger partial charge in [-0.25, -0.2) is 17.5 Å². The number of carbonyl (C=O) groups is 2. The second-order valence-corrected chi connectivity index (χ2v) is 9.40. The van der Waals surface area contributed by atoms with Gasteiger partial charge in [-0.2, -0.15) is 0 Å². The second-order valence-electron chi connectivity index (χ2n) is 7.62. The van der Waals surface area contributed by atoms with E-state index in [0.29, 0.717) is 9.87 Å². The van der Waals surface area contributed by atoms with Gasteiger partial charge in [0.05, 0.1) is 22.1 Å². The first-order chi connectivity index (χ1) is 17.1. The number of benzene rings is 3. The number of furan rings is 1. The zero-order valence-electron chi connectivity index (χ0n) is 19.2. The number of fused-ring (bicyclic) bond motifs is 1. The van der Waals surface area contributed by atoms with Crippen LogP contribution in [0.1, 0.15) is 24.2 Å². The van der Waals surface area contributed by atoms with Crippen LogP contribution in [0, 0.1) is 10.1 Å². The smallest absolute Gasteiger partial charge is 0.342 e. The molecule has 0 aliphatic rings. The molecule has 0 aliphatic heterocycles. The molecule has 36 heavy (non-hydrogen) atoms. The summed E-state index contributed by atoms with van der Waals surface area (Å²) >= 11 is 0. The summed E-state index contributed by atoms with van der Waals surface area (Å²) in [5.74, 6) is -1.30. The normalized spacial score (nSPS) is 11.3. The molecule has 0 aliphatic carbocycles. The number of nitrogens with zero attached hydrogens (tertiary/aromatic N) is 2. The van der Waals surface area contributed by atoms with E-state index >= 15 is 0 Å². The van der Waals surface area contributed by atoms with E-state index in [1.165, 1.54) is 24.3 Å². The van der Waals surface area contributed by atoms with Gasteiger partial charge in [0.15, 0.2) is 0 Å². The van der Waals surface area contributed by atoms with Crippen molar-refractivity contribution < 1.29 is 32.1 Å². The SMILES string of the molecule is CCOC(=O)c1c(-c2ccccc2)oc2ccc(N(C(C)=O)S(=O)(=O)c3cccc([N+](=O)[O-])c3)cc12. The average molecular weight is 509 g/mol. The highest BCUT2D eigenvalue weighted by Gasteiger charge is 2.31. The van der Waals surface area contributed by atoms with E-state index in [0.717, 1.165) is 25.1 Å². The summed E-state index contributed by atoms with van der Waals surface area (Å²) in [6.07, 6.45) is 0. The maximum absolute atomic E-state index is 13.4. The minimum Gasteiger partial charge on any atom is -0.462 e. The standard InChI is InChI=1S/C25H20N2O8S/c1-3-34-25(29)23-21-15-18(12-13-22(21)35-24(23)17-8-5-4-6-9-17)26(16(2)28)36(32,33)20-11-7-10-19(14-20)27(30)31/h4-15H,3H2,1-2H3. The zero-order chi connectivity index (χ0) is 26.0. The van der Waals surface area contributed by atoms with E-state index in [1.54, 1.807) is 37.3 Å². The molecule has 1 amide bonds. The number of esters is 1. The predicted octanol–water partition coefficient (Wildman–Crippen LogP) is 4.93. The predicted molar refractivity (Wildman–Crippen MR) is 131 cm³/mol. The summed E-state index contributed by atoms with van der Waals surface area (Å²) in [5, 5.41) is 11.4. The molecule has 0 unspecified atom stereocenters. The molecule has 1 aromatic heterocycles. The Morgan fingerprint density at radius 2 is 1.75 bits per heavy atom. The van der Waals surface area contributed by atoms with Crippen LogP contribution in [0.15, 0.2) is 82.1 Å². The van der Waals surface area contributed by atoms with Crippen LogP contribution in [-0.4, -0.2) is 31.8 Å². The molecule has 4 rings (SSSR count). The summed E-state index contributed by atoms with van der Waals surface area (Å²) in [4.78, 5) is 35.5. The summed E-state index contributed by atoms with van der Waals surface area (Å²) in [7, 11) is -4.53.